The van der Waals surface area contributed by atoms with E-state index in [1.54, 1.807) is 0 Å². The summed E-state index contributed by atoms with van der Waals surface area (Å²) in [7, 11) is 3.54. The molecule has 1 aromatic rings. The highest BCUT2D eigenvalue weighted by Crippen LogP contribution is 2.31. The molecule has 1 saturated heterocycles. The zero-order valence-corrected chi connectivity index (χ0v) is 12.4. The predicted octanol–water partition coefficient (Wildman–Crippen LogP) is 1.30. The minimum atomic E-state index is -0.307. The monoisotopic (exact) mass is 277 g/mol. The highest BCUT2D eigenvalue weighted by Gasteiger charge is 2.23. The number of benzene rings is 1. The van der Waals surface area contributed by atoms with E-state index in [1.807, 2.05) is 25.1 Å². The average molecular weight is 277 g/mol. The molecule has 1 unspecified atom stereocenters. The van der Waals surface area contributed by atoms with E-state index in [9.17, 15) is 4.79 Å². The van der Waals surface area contributed by atoms with Crippen LogP contribution in [0.4, 0.5) is 11.4 Å². The van der Waals surface area contributed by atoms with Gasteiger partial charge in [0.05, 0.1) is 13.0 Å². The molecule has 5 nitrogen and oxygen atoms in total. The number of hydrogen-bond donors (Lipinski definition) is 1. The van der Waals surface area contributed by atoms with Crippen LogP contribution in [0.3, 0.4) is 0 Å². The highest BCUT2D eigenvalue weighted by atomic mass is 16.5. The van der Waals surface area contributed by atoms with Gasteiger partial charge in [-0.15, -0.1) is 0 Å². The lowest BCUT2D eigenvalue weighted by Crippen LogP contribution is -2.45. The molecule has 1 fully saturated rings. The molecule has 0 amide bonds. The van der Waals surface area contributed by atoms with Crippen LogP contribution in [-0.4, -0.2) is 51.2 Å². The van der Waals surface area contributed by atoms with Gasteiger partial charge < -0.3 is 20.3 Å². The normalized spacial score (nSPS) is 17.9. The summed E-state index contributed by atoms with van der Waals surface area (Å²) in [6.45, 7) is 5.83. The molecule has 5 heteroatoms. The summed E-state index contributed by atoms with van der Waals surface area (Å²) in [5, 5.41) is 0. The van der Waals surface area contributed by atoms with Gasteiger partial charge in [-0.1, -0.05) is 0 Å². The lowest BCUT2D eigenvalue weighted by molar-refractivity contribution is -0.141. The number of nitrogens with zero attached hydrogens (tertiary/aromatic N) is 2. The van der Waals surface area contributed by atoms with E-state index in [0.29, 0.717) is 5.69 Å². The maximum absolute atomic E-state index is 11.8. The number of methoxy groups -OCH3 is 1. The molecule has 110 valence electrons. The second-order valence-electron chi connectivity index (χ2n) is 5.35. The van der Waals surface area contributed by atoms with Crippen molar-refractivity contribution in [2.24, 2.45) is 0 Å². The Kier molecular flexibility index (Phi) is 4.49. The number of esters is 1. The van der Waals surface area contributed by atoms with Crippen LogP contribution < -0.4 is 10.6 Å². The SMILES string of the molecule is COC(=O)C(C)c1cc(N)ccc1N1CCN(C)CC1. The van der Waals surface area contributed by atoms with Crippen molar-refractivity contribution in [3.8, 4) is 0 Å². The van der Waals surface area contributed by atoms with Gasteiger partial charge in [0.15, 0.2) is 0 Å². The van der Waals surface area contributed by atoms with Crippen molar-refractivity contribution in [3.63, 3.8) is 0 Å². The van der Waals surface area contributed by atoms with Crippen LogP contribution in [0.2, 0.25) is 0 Å². The van der Waals surface area contributed by atoms with E-state index in [1.165, 1.54) is 7.11 Å². The third-order valence-electron chi connectivity index (χ3n) is 3.92. The Hall–Kier alpha value is -1.75. The summed E-state index contributed by atoms with van der Waals surface area (Å²) >= 11 is 0. The van der Waals surface area contributed by atoms with Gasteiger partial charge in [-0.05, 0) is 37.7 Å². The maximum Gasteiger partial charge on any atom is 0.312 e. The largest absolute Gasteiger partial charge is 0.469 e. The molecule has 1 aromatic carbocycles. The fraction of sp³-hybridized carbons (Fsp3) is 0.533. The van der Waals surface area contributed by atoms with Crippen LogP contribution in [0, 0.1) is 0 Å². The van der Waals surface area contributed by atoms with E-state index in [-0.39, 0.29) is 11.9 Å². The van der Waals surface area contributed by atoms with Gasteiger partial charge >= 0.3 is 5.97 Å². The molecule has 0 spiro atoms. The topological polar surface area (TPSA) is 58.8 Å². The Morgan fingerprint density at radius 3 is 2.55 bits per heavy atom. The first-order chi connectivity index (χ1) is 9.52. The molecule has 0 aromatic heterocycles. The first kappa shape index (κ1) is 14.7. The van der Waals surface area contributed by atoms with Crippen LogP contribution in [0.15, 0.2) is 18.2 Å². The molecular weight excluding hydrogens is 254 g/mol. The third-order valence-corrected chi connectivity index (χ3v) is 3.92. The molecule has 0 saturated carbocycles. The number of nitrogen functional groups attached to an aromatic ring is 1. The minimum Gasteiger partial charge on any atom is -0.469 e. The fourth-order valence-corrected chi connectivity index (χ4v) is 2.56. The Labute approximate surface area is 120 Å². The second kappa shape index (κ2) is 6.13. The molecule has 1 aliphatic rings. The Morgan fingerprint density at radius 1 is 1.30 bits per heavy atom. The van der Waals surface area contributed by atoms with E-state index in [0.717, 1.165) is 37.4 Å². The number of hydrogen-bond acceptors (Lipinski definition) is 5. The van der Waals surface area contributed by atoms with E-state index >= 15 is 0 Å². The van der Waals surface area contributed by atoms with Gasteiger partial charge in [-0.25, -0.2) is 0 Å². The zero-order valence-electron chi connectivity index (χ0n) is 12.4. The summed E-state index contributed by atoms with van der Waals surface area (Å²) in [6, 6.07) is 5.78. The van der Waals surface area contributed by atoms with Crippen molar-refractivity contribution >= 4 is 17.3 Å². The average Bonchev–Trinajstić information content (AvgIpc) is 2.46. The fourth-order valence-electron chi connectivity index (χ4n) is 2.56. The first-order valence-electron chi connectivity index (χ1n) is 6.93. The lowest BCUT2D eigenvalue weighted by atomic mass is 9.97. The molecule has 0 bridgehead atoms. The van der Waals surface area contributed by atoms with Crippen LogP contribution >= 0.6 is 0 Å². The number of anilines is 2. The molecule has 20 heavy (non-hydrogen) atoms. The number of likely N-dealkylation sites (N-methyl/N-ethyl adjacent to an activating group) is 1. The minimum absolute atomic E-state index is 0.231. The van der Waals surface area contributed by atoms with Crippen molar-refractivity contribution in [2.75, 3.05) is 51.0 Å². The van der Waals surface area contributed by atoms with Gasteiger partial charge in [0, 0.05) is 37.6 Å². The zero-order chi connectivity index (χ0) is 14.7. The van der Waals surface area contributed by atoms with E-state index in [4.69, 9.17) is 10.5 Å². The third kappa shape index (κ3) is 3.04. The predicted molar refractivity (Wildman–Crippen MR) is 81.0 cm³/mol. The first-order valence-corrected chi connectivity index (χ1v) is 6.93. The van der Waals surface area contributed by atoms with Gasteiger partial charge in [-0.3, -0.25) is 4.79 Å². The summed E-state index contributed by atoms with van der Waals surface area (Å²) < 4.78 is 4.86. The highest BCUT2D eigenvalue weighted by molar-refractivity contribution is 5.81. The van der Waals surface area contributed by atoms with Crippen LogP contribution in [0.5, 0.6) is 0 Å². The summed E-state index contributed by atoms with van der Waals surface area (Å²) in [5.41, 5.74) is 8.59. The van der Waals surface area contributed by atoms with Crippen molar-refractivity contribution in [2.45, 2.75) is 12.8 Å². The number of carbonyl (C=O) groups is 1. The standard InChI is InChI=1S/C15H23N3O2/c1-11(15(19)20-3)13-10-12(16)4-5-14(13)18-8-6-17(2)7-9-18/h4-5,10-11H,6-9,16H2,1-3H3. The van der Waals surface area contributed by atoms with Crippen molar-refractivity contribution in [1.29, 1.82) is 0 Å². The summed E-state index contributed by atoms with van der Waals surface area (Å²) in [6.07, 6.45) is 0. The molecule has 0 radical (unpaired) electrons. The molecule has 1 aliphatic heterocycles. The van der Waals surface area contributed by atoms with Gasteiger partial charge in [0.1, 0.15) is 0 Å². The molecule has 1 heterocycles. The number of rotatable bonds is 3. The Bertz CT molecular complexity index is 482. The van der Waals surface area contributed by atoms with Gasteiger partial charge in [0.2, 0.25) is 0 Å². The molecule has 2 N–H and O–H groups in total. The van der Waals surface area contributed by atoms with Gasteiger partial charge in [0.25, 0.3) is 0 Å². The molecule has 1 atom stereocenters. The maximum atomic E-state index is 11.8. The smallest absolute Gasteiger partial charge is 0.312 e. The van der Waals surface area contributed by atoms with Gasteiger partial charge in [-0.2, -0.15) is 0 Å². The number of piperazine rings is 1. The second-order valence-corrected chi connectivity index (χ2v) is 5.35. The Morgan fingerprint density at radius 2 is 1.95 bits per heavy atom. The molecule has 2 rings (SSSR count). The Balaban J connectivity index is 2.30. The number of nitrogens with two attached hydrogens (primary N) is 1. The number of carbonyl (C=O) groups excluding carboxylic acids is 1. The van der Waals surface area contributed by atoms with Crippen molar-refractivity contribution in [1.82, 2.24) is 4.90 Å². The van der Waals surface area contributed by atoms with Crippen molar-refractivity contribution in [3.05, 3.63) is 23.8 Å². The molecular formula is C15H23N3O2. The van der Waals surface area contributed by atoms with E-state index < -0.39 is 0 Å². The molecule has 0 aliphatic carbocycles. The van der Waals surface area contributed by atoms with E-state index in [2.05, 4.69) is 16.8 Å². The van der Waals surface area contributed by atoms with Crippen LogP contribution in [0.1, 0.15) is 18.4 Å². The van der Waals surface area contributed by atoms with Crippen molar-refractivity contribution < 1.29 is 9.53 Å². The summed E-state index contributed by atoms with van der Waals surface area (Å²) in [5.74, 6) is -0.538. The quantitative estimate of drug-likeness (QED) is 0.666. The van der Waals surface area contributed by atoms with Crippen LogP contribution in [-0.2, 0) is 9.53 Å². The summed E-state index contributed by atoms with van der Waals surface area (Å²) in [4.78, 5) is 16.4. The number of ether oxygens (including phenoxy) is 1. The lowest BCUT2D eigenvalue weighted by Gasteiger charge is -2.35. The van der Waals surface area contributed by atoms with Crippen LogP contribution in [0.25, 0.3) is 0 Å².